The van der Waals surface area contributed by atoms with Crippen LogP contribution in [0.3, 0.4) is 0 Å². The van der Waals surface area contributed by atoms with Crippen molar-refractivity contribution in [3.05, 3.63) is 29.8 Å². The lowest BCUT2D eigenvalue weighted by molar-refractivity contribution is -0.115. The summed E-state index contributed by atoms with van der Waals surface area (Å²) in [5.41, 5.74) is 7.11. The molecule has 0 unspecified atom stereocenters. The molecule has 0 fully saturated rings. The minimum absolute atomic E-state index is 0.238. The first-order valence-electron chi connectivity index (χ1n) is 5.46. The Balaban J connectivity index is 2.42. The number of carbonyl (C=O) groups excluding carboxylic acids is 1. The van der Waals surface area contributed by atoms with Gasteiger partial charge in [-0.1, -0.05) is 11.8 Å². The van der Waals surface area contributed by atoms with Gasteiger partial charge in [-0.3, -0.25) is 4.79 Å². The molecule has 18 heavy (non-hydrogen) atoms. The lowest BCUT2D eigenvalue weighted by Gasteiger charge is -2.07. The van der Waals surface area contributed by atoms with E-state index in [0.29, 0.717) is 0 Å². The smallest absolute Gasteiger partial charge is 0.227 e. The third-order valence-electron chi connectivity index (χ3n) is 2.56. The summed E-state index contributed by atoms with van der Waals surface area (Å²) in [5, 5.41) is 1.88. The topological polar surface area (TPSA) is 65.2 Å². The van der Waals surface area contributed by atoms with Crippen molar-refractivity contribution >= 4 is 28.6 Å². The number of benzene rings is 1. The summed E-state index contributed by atoms with van der Waals surface area (Å²) < 4.78 is 5.18. The van der Waals surface area contributed by atoms with Crippen molar-refractivity contribution in [2.75, 3.05) is 12.9 Å². The number of primary amides is 1. The molecule has 0 aliphatic rings. The first-order chi connectivity index (χ1) is 8.60. The van der Waals surface area contributed by atoms with E-state index in [-0.39, 0.29) is 11.7 Å². The van der Waals surface area contributed by atoms with E-state index in [1.807, 2.05) is 31.2 Å². The number of amides is 1. The molecule has 0 atom stereocenters. The Morgan fingerprint density at radius 1 is 1.44 bits per heavy atom. The van der Waals surface area contributed by atoms with Crippen molar-refractivity contribution in [1.29, 1.82) is 0 Å². The van der Waals surface area contributed by atoms with E-state index in [1.54, 1.807) is 7.11 Å². The maximum absolute atomic E-state index is 10.8. The van der Waals surface area contributed by atoms with E-state index in [1.165, 1.54) is 11.8 Å². The number of nitrogens with two attached hydrogens (primary N) is 1. The molecule has 2 rings (SSSR count). The number of pyridine rings is 1. The minimum Gasteiger partial charge on any atom is -0.497 e. The van der Waals surface area contributed by atoms with Gasteiger partial charge in [0.2, 0.25) is 5.91 Å². The lowest BCUT2D eigenvalue weighted by Crippen LogP contribution is -2.13. The standard InChI is InChI=1S/C13H14N2O2S/c1-8-5-13(18-7-12(14)16)15-11-6-9(17-2)3-4-10(8)11/h3-6H,7H2,1-2H3,(H2,14,16). The Bertz CT molecular complexity index is 599. The van der Waals surface area contributed by atoms with Gasteiger partial charge in [-0.2, -0.15) is 0 Å². The number of hydrogen-bond donors (Lipinski definition) is 1. The highest BCUT2D eigenvalue weighted by atomic mass is 32.2. The second-order valence-corrected chi connectivity index (χ2v) is 4.91. The van der Waals surface area contributed by atoms with Gasteiger partial charge in [0.05, 0.1) is 23.4 Å². The van der Waals surface area contributed by atoms with E-state index < -0.39 is 0 Å². The maximum Gasteiger partial charge on any atom is 0.227 e. The Kier molecular flexibility index (Phi) is 3.72. The van der Waals surface area contributed by atoms with Crippen LogP contribution in [0.4, 0.5) is 0 Å². The maximum atomic E-state index is 10.8. The van der Waals surface area contributed by atoms with E-state index >= 15 is 0 Å². The summed E-state index contributed by atoms with van der Waals surface area (Å²) in [6.07, 6.45) is 0. The first-order valence-corrected chi connectivity index (χ1v) is 6.45. The molecule has 1 amide bonds. The van der Waals surface area contributed by atoms with Crippen molar-refractivity contribution < 1.29 is 9.53 Å². The number of carbonyl (C=O) groups is 1. The summed E-state index contributed by atoms with van der Waals surface area (Å²) >= 11 is 1.34. The monoisotopic (exact) mass is 262 g/mol. The summed E-state index contributed by atoms with van der Waals surface area (Å²) in [6, 6.07) is 7.74. The Morgan fingerprint density at radius 3 is 2.89 bits per heavy atom. The third kappa shape index (κ3) is 2.73. The van der Waals surface area contributed by atoms with Crippen LogP contribution in [0.25, 0.3) is 10.9 Å². The molecule has 0 spiro atoms. The van der Waals surface area contributed by atoms with Crippen LogP contribution in [-0.4, -0.2) is 23.8 Å². The zero-order valence-electron chi connectivity index (χ0n) is 10.3. The van der Waals surface area contributed by atoms with Gasteiger partial charge in [0.15, 0.2) is 0 Å². The summed E-state index contributed by atoms with van der Waals surface area (Å²) in [4.78, 5) is 15.3. The van der Waals surface area contributed by atoms with E-state index in [2.05, 4.69) is 4.98 Å². The number of hydrogen-bond acceptors (Lipinski definition) is 4. The number of methoxy groups -OCH3 is 1. The third-order valence-corrected chi connectivity index (χ3v) is 3.50. The molecule has 2 aromatic rings. The second-order valence-electron chi connectivity index (χ2n) is 3.92. The minimum atomic E-state index is -0.342. The molecule has 4 nitrogen and oxygen atoms in total. The van der Waals surface area contributed by atoms with E-state index in [4.69, 9.17) is 10.5 Å². The van der Waals surface area contributed by atoms with Crippen LogP contribution >= 0.6 is 11.8 Å². The fourth-order valence-electron chi connectivity index (χ4n) is 1.70. The Hall–Kier alpha value is -1.75. The van der Waals surface area contributed by atoms with E-state index in [9.17, 15) is 4.79 Å². The zero-order valence-corrected chi connectivity index (χ0v) is 11.1. The highest BCUT2D eigenvalue weighted by Crippen LogP contribution is 2.26. The molecule has 0 radical (unpaired) electrons. The largest absolute Gasteiger partial charge is 0.497 e. The summed E-state index contributed by atoms with van der Waals surface area (Å²) in [5.74, 6) is 0.665. The van der Waals surface area contributed by atoms with Crippen molar-refractivity contribution in [1.82, 2.24) is 4.98 Å². The van der Waals surface area contributed by atoms with Gasteiger partial charge in [0, 0.05) is 11.5 Å². The molecule has 94 valence electrons. The molecule has 2 N–H and O–H groups in total. The van der Waals surface area contributed by atoms with Gasteiger partial charge in [-0.25, -0.2) is 4.98 Å². The molecule has 0 bridgehead atoms. The van der Waals surface area contributed by atoms with Gasteiger partial charge in [-0.15, -0.1) is 0 Å². The summed E-state index contributed by atoms with van der Waals surface area (Å²) in [6.45, 7) is 2.02. The molecular formula is C13H14N2O2S. The van der Waals surface area contributed by atoms with Crippen molar-refractivity contribution in [2.45, 2.75) is 11.9 Å². The van der Waals surface area contributed by atoms with Crippen molar-refractivity contribution in [2.24, 2.45) is 5.73 Å². The van der Waals surface area contributed by atoms with Crippen molar-refractivity contribution in [3.63, 3.8) is 0 Å². The number of fused-ring (bicyclic) bond motifs is 1. The van der Waals surface area contributed by atoms with Crippen LogP contribution in [0.2, 0.25) is 0 Å². The van der Waals surface area contributed by atoms with Crippen molar-refractivity contribution in [3.8, 4) is 5.75 Å². The second kappa shape index (κ2) is 5.27. The molecule has 1 aromatic carbocycles. The molecular weight excluding hydrogens is 248 g/mol. The fraction of sp³-hybridized carbons (Fsp3) is 0.231. The predicted octanol–water partition coefficient (Wildman–Crippen LogP) is 2.13. The summed E-state index contributed by atoms with van der Waals surface area (Å²) in [7, 11) is 1.62. The van der Waals surface area contributed by atoms with Gasteiger partial charge in [-0.05, 0) is 30.7 Å². The van der Waals surface area contributed by atoms with Crippen LogP contribution in [0.1, 0.15) is 5.56 Å². The SMILES string of the molecule is COc1ccc2c(C)cc(SCC(N)=O)nc2c1. The van der Waals surface area contributed by atoms with Gasteiger partial charge < -0.3 is 10.5 Å². The highest BCUT2D eigenvalue weighted by Gasteiger charge is 2.06. The van der Waals surface area contributed by atoms with Crippen LogP contribution in [0.15, 0.2) is 29.3 Å². The number of rotatable bonds is 4. The van der Waals surface area contributed by atoms with Crippen LogP contribution in [0, 0.1) is 6.92 Å². The number of nitrogens with zero attached hydrogens (tertiary/aromatic N) is 1. The Morgan fingerprint density at radius 2 is 2.22 bits per heavy atom. The highest BCUT2D eigenvalue weighted by molar-refractivity contribution is 7.99. The molecule has 1 aromatic heterocycles. The van der Waals surface area contributed by atoms with Gasteiger partial charge in [0.1, 0.15) is 5.75 Å². The van der Waals surface area contributed by atoms with Crippen LogP contribution in [0.5, 0.6) is 5.75 Å². The average Bonchev–Trinajstić information content (AvgIpc) is 2.35. The molecule has 0 saturated heterocycles. The molecule has 0 saturated carbocycles. The number of aryl methyl sites for hydroxylation is 1. The first kappa shape index (κ1) is 12.7. The molecule has 0 aliphatic heterocycles. The average molecular weight is 262 g/mol. The normalized spacial score (nSPS) is 10.6. The van der Waals surface area contributed by atoms with Gasteiger partial charge >= 0.3 is 0 Å². The quantitative estimate of drug-likeness (QED) is 0.857. The predicted molar refractivity (Wildman–Crippen MR) is 73.0 cm³/mol. The zero-order chi connectivity index (χ0) is 13.1. The lowest BCUT2D eigenvalue weighted by atomic mass is 10.1. The molecule has 1 heterocycles. The fourth-order valence-corrected chi connectivity index (χ4v) is 2.41. The Labute approximate surface area is 110 Å². The van der Waals surface area contributed by atoms with Crippen LogP contribution < -0.4 is 10.5 Å². The van der Waals surface area contributed by atoms with E-state index in [0.717, 1.165) is 27.2 Å². The van der Waals surface area contributed by atoms with Crippen LogP contribution in [-0.2, 0) is 4.79 Å². The number of thioether (sulfide) groups is 1. The molecule has 5 heteroatoms. The number of ether oxygens (including phenoxy) is 1. The van der Waals surface area contributed by atoms with Gasteiger partial charge in [0.25, 0.3) is 0 Å². The number of aromatic nitrogens is 1. The molecule has 0 aliphatic carbocycles.